The molecule has 5 rings (SSSR count). The molecular formula is C33H37FN2O9. The summed E-state index contributed by atoms with van der Waals surface area (Å²) < 4.78 is 19.0. The molecule has 2 aliphatic rings. The monoisotopic (exact) mass is 624 g/mol. The van der Waals surface area contributed by atoms with Gasteiger partial charge in [-0.3, -0.25) is 19.5 Å². The number of fused-ring (bicyclic) bond motifs is 1. The first-order valence-corrected chi connectivity index (χ1v) is 14.5. The second-order valence-electron chi connectivity index (χ2n) is 11.7. The van der Waals surface area contributed by atoms with Gasteiger partial charge in [0.2, 0.25) is 0 Å². The highest BCUT2D eigenvalue weighted by Crippen LogP contribution is 2.50. The summed E-state index contributed by atoms with van der Waals surface area (Å²) in [7, 11) is 0. The van der Waals surface area contributed by atoms with E-state index in [1.54, 1.807) is 18.3 Å². The van der Waals surface area contributed by atoms with Crippen LogP contribution in [-0.2, 0) is 33.1 Å². The number of hydrogen-bond donors (Lipinski definition) is 5. The fraction of sp³-hybridized carbons (Fsp3) is 0.394. The van der Waals surface area contributed by atoms with Crippen LogP contribution in [0.3, 0.4) is 0 Å². The SMILES string of the molecule is Cc1cccnc1[C@]1(O)CC[C@H]2CN(Cc3cccc(OCc4ccc(F)cc4)c3)C[C@H]21.O=C(O)CC(O)(CC(=O)O)C(=O)O. The summed E-state index contributed by atoms with van der Waals surface area (Å²) in [5, 5.41) is 45.4. The number of aromatic nitrogens is 1. The van der Waals surface area contributed by atoms with E-state index in [1.807, 2.05) is 31.2 Å². The number of aliphatic hydroxyl groups is 2. The summed E-state index contributed by atoms with van der Waals surface area (Å²) in [6.07, 6.45) is 1.33. The van der Waals surface area contributed by atoms with Crippen molar-refractivity contribution in [3.63, 3.8) is 0 Å². The van der Waals surface area contributed by atoms with Gasteiger partial charge in [-0.1, -0.05) is 30.3 Å². The van der Waals surface area contributed by atoms with Gasteiger partial charge in [0.15, 0.2) is 5.60 Å². The Balaban J connectivity index is 0.000000302. The number of halogens is 1. The summed E-state index contributed by atoms with van der Waals surface area (Å²) >= 11 is 0. The molecule has 0 amide bonds. The highest BCUT2D eigenvalue weighted by molar-refractivity contribution is 5.88. The smallest absolute Gasteiger partial charge is 0.336 e. The van der Waals surface area contributed by atoms with Crippen molar-refractivity contribution in [2.75, 3.05) is 13.1 Å². The van der Waals surface area contributed by atoms with E-state index >= 15 is 0 Å². The molecule has 1 saturated carbocycles. The minimum absolute atomic E-state index is 0.217. The third kappa shape index (κ3) is 8.41. The Labute approximate surface area is 259 Å². The largest absolute Gasteiger partial charge is 0.489 e. The van der Waals surface area contributed by atoms with Gasteiger partial charge in [0.25, 0.3) is 0 Å². The van der Waals surface area contributed by atoms with E-state index in [2.05, 4.69) is 22.0 Å². The summed E-state index contributed by atoms with van der Waals surface area (Å²) in [5.74, 6) is -3.73. The molecule has 0 radical (unpaired) electrons. The topological polar surface area (TPSA) is 178 Å². The van der Waals surface area contributed by atoms with Gasteiger partial charge in [-0.2, -0.15) is 0 Å². The van der Waals surface area contributed by atoms with Crippen molar-refractivity contribution in [3.8, 4) is 5.75 Å². The summed E-state index contributed by atoms with van der Waals surface area (Å²) in [6, 6.07) is 18.5. The number of pyridine rings is 1. The van der Waals surface area contributed by atoms with Crippen LogP contribution in [0.15, 0.2) is 66.9 Å². The zero-order chi connectivity index (χ0) is 32.8. The first-order valence-electron chi connectivity index (χ1n) is 14.5. The highest BCUT2D eigenvalue weighted by Gasteiger charge is 2.53. The van der Waals surface area contributed by atoms with Gasteiger partial charge in [0.05, 0.1) is 18.5 Å². The maximum Gasteiger partial charge on any atom is 0.336 e. The number of carboxylic acids is 3. The van der Waals surface area contributed by atoms with E-state index in [1.165, 1.54) is 17.7 Å². The number of aliphatic carboxylic acids is 3. The number of benzene rings is 2. The number of nitrogens with zero attached hydrogens (tertiary/aromatic N) is 2. The predicted octanol–water partition coefficient (Wildman–Crippen LogP) is 3.59. The molecular weight excluding hydrogens is 587 g/mol. The van der Waals surface area contributed by atoms with Crippen LogP contribution >= 0.6 is 0 Å². The number of hydrogen-bond acceptors (Lipinski definition) is 8. The molecule has 0 spiro atoms. The summed E-state index contributed by atoms with van der Waals surface area (Å²) in [5.41, 5.74) is 0.487. The molecule has 3 atom stereocenters. The van der Waals surface area contributed by atoms with Crippen molar-refractivity contribution >= 4 is 17.9 Å². The average Bonchev–Trinajstić information content (AvgIpc) is 3.52. The molecule has 0 bridgehead atoms. The van der Waals surface area contributed by atoms with Crippen LogP contribution in [0.4, 0.5) is 4.39 Å². The van der Waals surface area contributed by atoms with Crippen LogP contribution in [0.1, 0.15) is 48.1 Å². The molecule has 2 heterocycles. The Kier molecular flexibility index (Phi) is 10.5. The lowest BCUT2D eigenvalue weighted by Crippen LogP contribution is -2.42. The van der Waals surface area contributed by atoms with Crippen LogP contribution in [0.5, 0.6) is 5.75 Å². The molecule has 11 nitrogen and oxygen atoms in total. The minimum Gasteiger partial charge on any atom is -0.489 e. The molecule has 1 aliphatic heterocycles. The Morgan fingerprint density at radius 3 is 2.31 bits per heavy atom. The fourth-order valence-corrected chi connectivity index (χ4v) is 6.20. The molecule has 1 aromatic heterocycles. The van der Waals surface area contributed by atoms with Gasteiger partial charge >= 0.3 is 17.9 Å². The average molecular weight is 625 g/mol. The van der Waals surface area contributed by atoms with Crippen molar-refractivity contribution in [2.24, 2.45) is 11.8 Å². The number of carbonyl (C=O) groups is 3. The third-order valence-electron chi connectivity index (χ3n) is 8.35. The maximum absolute atomic E-state index is 13.1. The van der Waals surface area contributed by atoms with Gasteiger partial charge in [0.1, 0.15) is 23.8 Å². The summed E-state index contributed by atoms with van der Waals surface area (Å²) in [6.45, 7) is 5.15. The molecule has 5 N–H and O–H groups in total. The second-order valence-corrected chi connectivity index (χ2v) is 11.7. The van der Waals surface area contributed by atoms with Gasteiger partial charge < -0.3 is 30.3 Å². The molecule has 1 aliphatic carbocycles. The van der Waals surface area contributed by atoms with E-state index < -0.39 is 42.0 Å². The van der Waals surface area contributed by atoms with Crippen LogP contribution < -0.4 is 4.74 Å². The predicted molar refractivity (Wildman–Crippen MR) is 159 cm³/mol. The van der Waals surface area contributed by atoms with Gasteiger partial charge in [-0.25, -0.2) is 9.18 Å². The van der Waals surface area contributed by atoms with Crippen LogP contribution in [0.25, 0.3) is 0 Å². The Morgan fingerprint density at radius 2 is 1.69 bits per heavy atom. The number of aryl methyl sites for hydroxylation is 1. The van der Waals surface area contributed by atoms with Crippen molar-refractivity contribution in [2.45, 2.75) is 57.0 Å². The number of ether oxygens (including phenoxy) is 1. The van der Waals surface area contributed by atoms with Crippen molar-refractivity contribution in [1.82, 2.24) is 9.88 Å². The molecule has 12 heteroatoms. The number of likely N-dealkylation sites (tertiary alicyclic amines) is 1. The van der Waals surface area contributed by atoms with E-state index in [0.717, 1.165) is 55.0 Å². The molecule has 0 unspecified atom stereocenters. The first-order chi connectivity index (χ1) is 21.3. The van der Waals surface area contributed by atoms with Crippen LogP contribution in [-0.4, -0.2) is 72.0 Å². The van der Waals surface area contributed by atoms with E-state index in [4.69, 9.17) is 25.2 Å². The van der Waals surface area contributed by atoms with Gasteiger partial charge in [0, 0.05) is 31.7 Å². The molecule has 1 saturated heterocycles. The standard InChI is InChI=1S/C27H29FN2O2.C6H8O7/c1-19-4-3-13-29-26(19)27(31)12-11-22-16-30(17-25(22)27)15-21-5-2-6-24(14-21)32-18-20-7-9-23(28)10-8-20;7-3(8)1-6(13,5(11)12)2-4(9)10/h2-10,13-14,22,25,31H,11-12,15-18H2,1H3;13H,1-2H2,(H,7,8)(H,9,10)(H,11,12)/t22-,25+,27-;/m0./s1. The molecule has 2 aromatic carbocycles. The molecule has 2 fully saturated rings. The van der Waals surface area contributed by atoms with Gasteiger partial charge in [-0.05, 0) is 72.7 Å². The lowest BCUT2D eigenvalue weighted by atomic mass is 9.83. The lowest BCUT2D eigenvalue weighted by molar-refractivity contribution is -0.170. The summed E-state index contributed by atoms with van der Waals surface area (Å²) in [4.78, 5) is 37.5. The van der Waals surface area contributed by atoms with Crippen molar-refractivity contribution in [3.05, 3.63) is 95.1 Å². The highest BCUT2D eigenvalue weighted by atomic mass is 19.1. The fourth-order valence-electron chi connectivity index (χ4n) is 6.20. The molecule has 45 heavy (non-hydrogen) atoms. The Bertz CT molecular complexity index is 1500. The Morgan fingerprint density at radius 1 is 1.00 bits per heavy atom. The lowest BCUT2D eigenvalue weighted by Gasteiger charge is -2.31. The Hall–Kier alpha value is -4.39. The van der Waals surface area contributed by atoms with Crippen LogP contribution in [0.2, 0.25) is 0 Å². The maximum atomic E-state index is 13.1. The van der Waals surface area contributed by atoms with Crippen LogP contribution in [0, 0.1) is 24.6 Å². The van der Waals surface area contributed by atoms with E-state index in [-0.39, 0.29) is 11.7 Å². The number of rotatable bonds is 11. The minimum atomic E-state index is -2.74. The normalized spacial score (nSPS) is 21.0. The third-order valence-corrected chi connectivity index (χ3v) is 8.35. The van der Waals surface area contributed by atoms with E-state index in [9.17, 15) is 23.9 Å². The van der Waals surface area contributed by atoms with Crippen molar-refractivity contribution < 1.29 is 49.0 Å². The van der Waals surface area contributed by atoms with E-state index in [0.29, 0.717) is 12.5 Å². The van der Waals surface area contributed by atoms with Crippen molar-refractivity contribution in [1.29, 1.82) is 0 Å². The molecule has 3 aromatic rings. The second kappa shape index (κ2) is 14.1. The number of carboxylic acid groups (broad SMARTS) is 3. The van der Waals surface area contributed by atoms with Gasteiger partial charge in [-0.15, -0.1) is 0 Å². The molecule has 240 valence electrons. The zero-order valence-corrected chi connectivity index (χ0v) is 24.8. The quantitative estimate of drug-likeness (QED) is 0.211. The first kappa shape index (κ1) is 33.5. The zero-order valence-electron chi connectivity index (χ0n) is 24.8.